The van der Waals surface area contributed by atoms with Gasteiger partial charge in [0.1, 0.15) is 42.4 Å². The van der Waals surface area contributed by atoms with Crippen molar-refractivity contribution in [2.24, 2.45) is 11.3 Å². The van der Waals surface area contributed by atoms with E-state index in [1.165, 1.54) is 11.8 Å². The van der Waals surface area contributed by atoms with Crippen molar-refractivity contribution in [3.05, 3.63) is 83.7 Å². The van der Waals surface area contributed by atoms with E-state index in [0.717, 1.165) is 23.8 Å². The van der Waals surface area contributed by atoms with Crippen LogP contribution in [0.2, 0.25) is 0 Å². The summed E-state index contributed by atoms with van der Waals surface area (Å²) >= 11 is 0. The maximum atomic E-state index is 15.4. The maximum Gasteiger partial charge on any atom is 0.333 e. The van der Waals surface area contributed by atoms with E-state index in [1.807, 2.05) is 30.3 Å². The van der Waals surface area contributed by atoms with Crippen molar-refractivity contribution in [1.82, 2.24) is 41.1 Å². The molecule has 1 fully saturated rings. The number of carbonyl (C=O) groups is 11. The Morgan fingerprint density at radius 3 is 2.01 bits per heavy atom. The molecular weight excluding hydrogens is 1030 g/mol. The Hall–Kier alpha value is -8.09. The number of aliphatic carboxylic acids is 2. The van der Waals surface area contributed by atoms with Crippen molar-refractivity contribution in [2.75, 3.05) is 19.7 Å². The van der Waals surface area contributed by atoms with Gasteiger partial charge < -0.3 is 56.2 Å². The van der Waals surface area contributed by atoms with Gasteiger partial charge in [0.15, 0.2) is 0 Å². The highest BCUT2D eigenvalue weighted by atomic mass is 19.1. The van der Waals surface area contributed by atoms with Gasteiger partial charge in [-0.15, -0.1) is 5.06 Å². The summed E-state index contributed by atoms with van der Waals surface area (Å²) < 4.78 is 31.7. The fraction of sp³-hybridized carbons (Fsp3) is 0.491. The Kier molecular flexibility index (Phi) is 23.1. The van der Waals surface area contributed by atoms with Gasteiger partial charge in [0.05, 0.1) is 6.04 Å². The number of carbonyl (C=O) groups excluding carboxylic acids is 9. The van der Waals surface area contributed by atoms with E-state index in [-0.39, 0.29) is 62.7 Å². The molecule has 1 aliphatic rings. The third-order valence-corrected chi connectivity index (χ3v) is 12.5. The number of halogens is 2. The number of nitrogens with one attached hydrogen (secondary N) is 5. The number of carboxylic acid groups (broad SMARTS) is 2. The molecule has 8 amide bonds. The predicted molar refractivity (Wildman–Crippen MR) is 272 cm³/mol. The molecule has 0 spiro atoms. The first-order valence-electron chi connectivity index (χ1n) is 25.3. The molecule has 5 atom stereocenters. The quantitative estimate of drug-likeness (QED) is 0.0464. The normalized spacial score (nSPS) is 14.4. The number of rotatable bonds is 29. The molecule has 1 aliphatic heterocycles. The number of hydrogen-bond donors (Lipinski definition) is 8. The molecule has 424 valence electrons. The molecule has 1 aromatic heterocycles. The molecule has 8 N–H and O–H groups in total. The lowest BCUT2D eigenvalue weighted by Gasteiger charge is -2.41. The average molecular weight is 1100 g/mol. The molecule has 25 heteroatoms. The van der Waals surface area contributed by atoms with E-state index in [4.69, 9.17) is 9.94 Å². The number of amides is 8. The number of hydrogen-bond acceptors (Lipinski definition) is 13. The first-order valence-corrected chi connectivity index (χ1v) is 25.3. The first-order chi connectivity index (χ1) is 36.7. The van der Waals surface area contributed by atoms with Gasteiger partial charge in [-0.25, -0.2) is 18.4 Å². The van der Waals surface area contributed by atoms with Crippen LogP contribution in [0.1, 0.15) is 117 Å². The Labute approximate surface area is 448 Å². The van der Waals surface area contributed by atoms with Crippen LogP contribution < -0.4 is 26.6 Å². The molecule has 23 nitrogen and oxygen atoms in total. The van der Waals surface area contributed by atoms with Crippen LogP contribution in [0.5, 0.6) is 0 Å². The Bertz CT molecular complexity index is 2680. The third kappa shape index (κ3) is 18.6. The van der Waals surface area contributed by atoms with Gasteiger partial charge in [-0.3, -0.25) is 43.2 Å². The van der Waals surface area contributed by atoms with Gasteiger partial charge in [0, 0.05) is 81.2 Å². The van der Waals surface area contributed by atoms with E-state index in [2.05, 4.69) is 26.6 Å². The van der Waals surface area contributed by atoms with E-state index in [1.54, 1.807) is 51.4 Å². The monoisotopic (exact) mass is 1090 g/mol. The van der Waals surface area contributed by atoms with Crippen molar-refractivity contribution in [3.8, 4) is 11.1 Å². The number of imide groups is 1. The van der Waals surface area contributed by atoms with Gasteiger partial charge in [-0.05, 0) is 67.3 Å². The molecule has 4 rings (SSSR count). The lowest BCUT2D eigenvalue weighted by molar-refractivity contribution is -0.197. The van der Waals surface area contributed by atoms with Gasteiger partial charge in [-0.1, -0.05) is 65.0 Å². The van der Waals surface area contributed by atoms with Gasteiger partial charge in [-0.2, -0.15) is 0 Å². The highest BCUT2D eigenvalue weighted by molar-refractivity contribution is 6.01. The fourth-order valence-electron chi connectivity index (χ4n) is 8.50. The highest BCUT2D eigenvalue weighted by Gasteiger charge is 2.39. The highest BCUT2D eigenvalue weighted by Crippen LogP contribution is 2.41. The van der Waals surface area contributed by atoms with Crippen molar-refractivity contribution in [1.29, 1.82) is 0 Å². The molecule has 78 heavy (non-hydrogen) atoms. The number of carboxylic acids is 2. The molecule has 0 saturated carbocycles. The van der Waals surface area contributed by atoms with Crippen molar-refractivity contribution in [3.63, 3.8) is 0 Å². The molecule has 2 heterocycles. The van der Waals surface area contributed by atoms with Crippen molar-refractivity contribution < 1.29 is 81.7 Å². The van der Waals surface area contributed by atoms with Crippen LogP contribution in [0, 0.1) is 23.0 Å². The summed E-state index contributed by atoms with van der Waals surface area (Å²) in [5.41, 5.74) is 0.517. The first kappa shape index (κ1) is 62.4. The molecule has 3 aromatic rings. The van der Waals surface area contributed by atoms with Crippen LogP contribution in [0.15, 0.2) is 60.8 Å². The molecule has 0 unspecified atom stereocenters. The fourth-order valence-corrected chi connectivity index (χ4v) is 8.50. The van der Waals surface area contributed by atoms with Crippen LogP contribution in [0.25, 0.3) is 11.1 Å². The second-order valence-corrected chi connectivity index (χ2v) is 20.1. The van der Waals surface area contributed by atoms with E-state index >= 15 is 4.39 Å². The number of aliphatic hydroxyl groups excluding tert-OH is 1. The number of hydroxylamine groups is 2. The summed E-state index contributed by atoms with van der Waals surface area (Å²) in [6, 6.07) is 6.99. The Morgan fingerprint density at radius 1 is 0.756 bits per heavy atom. The smallest absolute Gasteiger partial charge is 0.333 e. The van der Waals surface area contributed by atoms with Gasteiger partial charge in [0.2, 0.25) is 35.4 Å². The number of aliphatic hydroxyl groups is 1. The van der Waals surface area contributed by atoms with Crippen LogP contribution in [0.4, 0.5) is 8.78 Å². The topological polar surface area (TPSA) is 329 Å². The third-order valence-electron chi connectivity index (χ3n) is 12.5. The number of benzene rings is 2. The summed E-state index contributed by atoms with van der Waals surface area (Å²) in [6.45, 7) is 8.26. The van der Waals surface area contributed by atoms with E-state index in [0.29, 0.717) is 10.8 Å². The predicted octanol–water partition coefficient (Wildman–Crippen LogP) is 2.63. The molecule has 0 aliphatic carbocycles. The zero-order valence-corrected chi connectivity index (χ0v) is 44.3. The Balaban J connectivity index is 1.60. The lowest BCUT2D eigenvalue weighted by atomic mass is 9.82. The minimum absolute atomic E-state index is 0.0706. The largest absolute Gasteiger partial charge is 0.481 e. The molecule has 0 bridgehead atoms. The van der Waals surface area contributed by atoms with Crippen LogP contribution in [-0.2, 0) is 64.1 Å². The van der Waals surface area contributed by atoms with Crippen molar-refractivity contribution in [2.45, 2.75) is 136 Å². The second kappa shape index (κ2) is 28.9. The van der Waals surface area contributed by atoms with Crippen molar-refractivity contribution >= 4 is 65.2 Å². The second-order valence-electron chi connectivity index (χ2n) is 20.1. The molecule has 0 radical (unpaired) electrons. The van der Waals surface area contributed by atoms with E-state index < -0.39 is 151 Å². The Morgan fingerprint density at radius 2 is 1.41 bits per heavy atom. The minimum Gasteiger partial charge on any atom is -0.481 e. The summed E-state index contributed by atoms with van der Waals surface area (Å²) in [7, 11) is 0. The van der Waals surface area contributed by atoms with Gasteiger partial charge in [0.25, 0.3) is 11.8 Å². The summed E-state index contributed by atoms with van der Waals surface area (Å²) in [4.78, 5) is 146. The van der Waals surface area contributed by atoms with Crippen LogP contribution in [0.3, 0.4) is 0 Å². The van der Waals surface area contributed by atoms with Crippen LogP contribution in [-0.4, -0.2) is 139 Å². The summed E-state index contributed by atoms with van der Waals surface area (Å²) in [6.07, 6.45) is -1.17. The summed E-state index contributed by atoms with van der Waals surface area (Å²) in [5, 5.41) is 41.7. The summed E-state index contributed by atoms with van der Waals surface area (Å²) in [5.74, 6) is -12.0. The maximum absolute atomic E-state index is 15.4. The van der Waals surface area contributed by atoms with Gasteiger partial charge >= 0.3 is 17.9 Å². The standard InChI is InChI=1S/C53H68F2N8O15/c1-30(2)47(60-40(65)13-10-14-46(72)78-63-42(67)18-19-43(63)68)51(75)57-31(3)49(73)59-37(50(74)56-23-21-41(66)58-38(52(76)77)17-20-45(70)71)22-24-62(44(69)29-64)48(53(4,5)6)39-25-33(35-26-34(54)15-16-36(35)55)28-61(39)27-32-11-8-7-9-12-32/h7-9,11-12,15-16,25-26,28,30-31,37-38,47-48,64H,10,13-14,17-24,27,29H2,1-6H3,(H,56,74)(H,57,75)(H,58,66)(H,59,73)(H,60,65)(H,70,71)(H,76,77)/t31-,37+,38-,47-,48+/m1/s1. The zero-order valence-electron chi connectivity index (χ0n) is 44.3. The van der Waals surface area contributed by atoms with E-state index in [9.17, 15) is 67.3 Å². The minimum atomic E-state index is -1.56. The molecule has 2 aromatic carbocycles. The molecular formula is C53H68F2N8O15. The molecule has 1 saturated heterocycles. The zero-order chi connectivity index (χ0) is 58.0. The van der Waals surface area contributed by atoms with Crippen LogP contribution >= 0.6 is 0 Å². The SMILES string of the molecule is CC(C)[C@@H](NC(=O)CCCC(=O)ON1C(=O)CCC1=O)C(=O)N[C@H](C)C(=O)N[C@@H](CCN(C(=O)CO)[C@@H](c1cc(-c2cc(F)ccc2F)cn1Cc1ccccc1)C(C)(C)C)C(=O)NCCC(=O)N[C@H](CCC(=O)O)C(=O)O. The number of nitrogens with zero attached hydrogens (tertiary/aromatic N) is 3. The number of aromatic nitrogens is 1. The lowest BCUT2D eigenvalue weighted by Crippen LogP contribution is -2.57. The average Bonchev–Trinajstić information content (AvgIpc) is 3.99.